The molecule has 0 saturated carbocycles. The second-order valence-electron chi connectivity index (χ2n) is 3.75. The van der Waals surface area contributed by atoms with Crippen molar-refractivity contribution in [1.82, 2.24) is 4.98 Å². The van der Waals surface area contributed by atoms with Crippen LogP contribution in [0.25, 0.3) is 0 Å². The first-order valence-electron chi connectivity index (χ1n) is 5.35. The molecule has 4 nitrogen and oxygen atoms in total. The standard InChI is InChI=1S/C11H18N2O2S2/c1-8(5-6-16-4)13(2)11-12-9(7-17-11)10(14)15-3/h7-8H,5-6H2,1-4H3. The van der Waals surface area contributed by atoms with Crippen molar-refractivity contribution in [2.24, 2.45) is 0 Å². The summed E-state index contributed by atoms with van der Waals surface area (Å²) in [4.78, 5) is 17.7. The normalized spacial score (nSPS) is 12.2. The Morgan fingerprint density at radius 2 is 2.41 bits per heavy atom. The van der Waals surface area contributed by atoms with Crippen molar-refractivity contribution in [3.8, 4) is 0 Å². The van der Waals surface area contributed by atoms with Crippen LogP contribution in [0.5, 0.6) is 0 Å². The van der Waals surface area contributed by atoms with Gasteiger partial charge in [0.15, 0.2) is 10.8 Å². The van der Waals surface area contributed by atoms with Crippen LogP contribution in [0.4, 0.5) is 5.13 Å². The van der Waals surface area contributed by atoms with E-state index in [-0.39, 0.29) is 5.97 Å². The lowest BCUT2D eigenvalue weighted by Crippen LogP contribution is -2.29. The van der Waals surface area contributed by atoms with Crippen LogP contribution in [0.15, 0.2) is 5.38 Å². The summed E-state index contributed by atoms with van der Waals surface area (Å²) in [5, 5.41) is 2.60. The lowest BCUT2D eigenvalue weighted by molar-refractivity contribution is 0.0595. The maximum Gasteiger partial charge on any atom is 0.357 e. The van der Waals surface area contributed by atoms with Gasteiger partial charge in [-0.25, -0.2) is 9.78 Å². The molecule has 0 aliphatic rings. The van der Waals surface area contributed by atoms with E-state index >= 15 is 0 Å². The van der Waals surface area contributed by atoms with E-state index in [1.54, 1.807) is 5.38 Å². The Morgan fingerprint density at radius 1 is 1.71 bits per heavy atom. The summed E-state index contributed by atoms with van der Waals surface area (Å²) in [5.74, 6) is 0.749. The topological polar surface area (TPSA) is 42.4 Å². The number of ether oxygens (including phenoxy) is 1. The van der Waals surface area contributed by atoms with E-state index in [0.717, 1.165) is 17.3 Å². The minimum atomic E-state index is -0.377. The predicted octanol–water partition coefficient (Wildman–Crippen LogP) is 2.51. The van der Waals surface area contributed by atoms with Crippen LogP contribution in [-0.2, 0) is 4.74 Å². The zero-order chi connectivity index (χ0) is 12.8. The molecule has 0 saturated heterocycles. The minimum absolute atomic E-state index is 0.377. The van der Waals surface area contributed by atoms with Crippen molar-refractivity contribution in [2.45, 2.75) is 19.4 Å². The first-order chi connectivity index (χ1) is 8.10. The summed E-state index contributed by atoms with van der Waals surface area (Å²) in [6.07, 6.45) is 3.20. The van der Waals surface area contributed by atoms with Gasteiger partial charge in [0.05, 0.1) is 7.11 Å². The summed E-state index contributed by atoms with van der Waals surface area (Å²) >= 11 is 3.31. The fourth-order valence-corrected chi connectivity index (χ4v) is 2.74. The summed E-state index contributed by atoms with van der Waals surface area (Å²) < 4.78 is 4.64. The molecule has 6 heteroatoms. The lowest BCUT2D eigenvalue weighted by atomic mass is 10.2. The van der Waals surface area contributed by atoms with Crippen LogP contribution < -0.4 is 4.90 Å². The molecule has 0 bridgehead atoms. The van der Waals surface area contributed by atoms with Crippen LogP contribution in [-0.4, -0.2) is 43.2 Å². The molecule has 17 heavy (non-hydrogen) atoms. The Morgan fingerprint density at radius 3 is 3.00 bits per heavy atom. The first-order valence-corrected chi connectivity index (χ1v) is 7.63. The molecule has 0 aliphatic carbocycles. The highest BCUT2D eigenvalue weighted by Gasteiger charge is 2.16. The van der Waals surface area contributed by atoms with Gasteiger partial charge in [-0.2, -0.15) is 11.8 Å². The van der Waals surface area contributed by atoms with Crippen LogP contribution >= 0.6 is 23.1 Å². The number of anilines is 1. The van der Waals surface area contributed by atoms with Crippen molar-refractivity contribution in [3.05, 3.63) is 11.1 Å². The Bertz CT molecular complexity index is 368. The Hall–Kier alpha value is -0.750. The van der Waals surface area contributed by atoms with Gasteiger partial charge in [0.2, 0.25) is 0 Å². The van der Waals surface area contributed by atoms with Gasteiger partial charge in [0.25, 0.3) is 0 Å². The van der Waals surface area contributed by atoms with Crippen molar-refractivity contribution in [1.29, 1.82) is 0 Å². The first kappa shape index (κ1) is 14.3. The number of thioether (sulfide) groups is 1. The van der Waals surface area contributed by atoms with Crippen LogP contribution in [0.3, 0.4) is 0 Å². The van der Waals surface area contributed by atoms with E-state index < -0.39 is 0 Å². The molecular formula is C11H18N2O2S2. The second-order valence-corrected chi connectivity index (χ2v) is 5.57. The highest BCUT2D eigenvalue weighted by molar-refractivity contribution is 7.98. The van der Waals surface area contributed by atoms with E-state index in [0.29, 0.717) is 11.7 Å². The maximum absolute atomic E-state index is 11.3. The van der Waals surface area contributed by atoms with Crippen molar-refractivity contribution in [2.75, 3.05) is 31.1 Å². The molecule has 1 rings (SSSR count). The smallest absolute Gasteiger partial charge is 0.357 e. The van der Waals surface area contributed by atoms with E-state index in [9.17, 15) is 4.79 Å². The van der Waals surface area contributed by atoms with Gasteiger partial charge in [-0.1, -0.05) is 0 Å². The molecule has 0 aliphatic heterocycles. The molecule has 1 heterocycles. The maximum atomic E-state index is 11.3. The van der Waals surface area contributed by atoms with Gasteiger partial charge < -0.3 is 9.64 Å². The van der Waals surface area contributed by atoms with Crippen LogP contribution in [0.1, 0.15) is 23.8 Å². The molecule has 0 aromatic carbocycles. The third kappa shape index (κ3) is 3.89. The van der Waals surface area contributed by atoms with E-state index in [1.165, 1.54) is 18.4 Å². The van der Waals surface area contributed by atoms with Crippen molar-refractivity contribution >= 4 is 34.2 Å². The number of nitrogens with zero attached hydrogens (tertiary/aromatic N) is 2. The monoisotopic (exact) mass is 274 g/mol. The molecule has 0 radical (unpaired) electrons. The number of carbonyl (C=O) groups is 1. The Kier molecular flexibility index (Phi) is 5.77. The zero-order valence-electron chi connectivity index (χ0n) is 10.6. The molecule has 0 fully saturated rings. The number of carbonyl (C=O) groups excluding carboxylic acids is 1. The van der Waals surface area contributed by atoms with Gasteiger partial charge in [-0.3, -0.25) is 0 Å². The number of hydrogen-bond donors (Lipinski definition) is 0. The average molecular weight is 274 g/mol. The second kappa shape index (κ2) is 6.86. The Balaban J connectivity index is 2.65. The molecule has 96 valence electrons. The number of rotatable bonds is 6. The van der Waals surface area contributed by atoms with Gasteiger partial charge in [0, 0.05) is 18.5 Å². The minimum Gasteiger partial charge on any atom is -0.464 e. The van der Waals surface area contributed by atoms with Gasteiger partial charge in [-0.05, 0) is 25.4 Å². The highest BCUT2D eigenvalue weighted by Crippen LogP contribution is 2.22. The number of methoxy groups -OCH3 is 1. The number of esters is 1. The average Bonchev–Trinajstić information content (AvgIpc) is 2.83. The molecule has 1 aromatic rings. The summed E-state index contributed by atoms with van der Waals surface area (Å²) in [6.45, 7) is 2.16. The summed E-state index contributed by atoms with van der Waals surface area (Å²) in [5.41, 5.74) is 0.386. The fourth-order valence-electron chi connectivity index (χ4n) is 1.30. The van der Waals surface area contributed by atoms with Gasteiger partial charge in [0.1, 0.15) is 0 Å². The number of hydrogen-bond acceptors (Lipinski definition) is 6. The largest absolute Gasteiger partial charge is 0.464 e. The molecule has 0 N–H and O–H groups in total. The lowest BCUT2D eigenvalue weighted by Gasteiger charge is -2.23. The quantitative estimate of drug-likeness (QED) is 0.746. The number of aromatic nitrogens is 1. The van der Waals surface area contributed by atoms with E-state index in [4.69, 9.17) is 0 Å². The third-order valence-corrected chi connectivity index (χ3v) is 4.16. The van der Waals surface area contributed by atoms with Gasteiger partial charge in [-0.15, -0.1) is 11.3 Å². The van der Waals surface area contributed by atoms with Crippen LogP contribution in [0.2, 0.25) is 0 Å². The van der Waals surface area contributed by atoms with Crippen molar-refractivity contribution < 1.29 is 9.53 Å². The molecule has 1 aromatic heterocycles. The summed E-state index contributed by atoms with van der Waals surface area (Å²) in [6, 6.07) is 0.416. The SMILES string of the molecule is COC(=O)c1csc(N(C)C(C)CCSC)n1. The molecule has 0 spiro atoms. The van der Waals surface area contributed by atoms with E-state index in [1.807, 2.05) is 18.8 Å². The zero-order valence-corrected chi connectivity index (χ0v) is 12.2. The highest BCUT2D eigenvalue weighted by atomic mass is 32.2. The van der Waals surface area contributed by atoms with Crippen molar-refractivity contribution in [3.63, 3.8) is 0 Å². The number of thiazole rings is 1. The Labute approximate surface area is 110 Å². The molecule has 0 amide bonds. The van der Waals surface area contributed by atoms with Crippen LogP contribution in [0, 0.1) is 0 Å². The van der Waals surface area contributed by atoms with Gasteiger partial charge >= 0.3 is 5.97 Å². The predicted molar refractivity (Wildman–Crippen MR) is 74.3 cm³/mol. The molecule has 1 atom stereocenters. The molecular weight excluding hydrogens is 256 g/mol. The van der Waals surface area contributed by atoms with E-state index in [2.05, 4.69) is 27.8 Å². The molecule has 1 unspecified atom stereocenters. The fraction of sp³-hybridized carbons (Fsp3) is 0.636. The third-order valence-electron chi connectivity index (χ3n) is 2.59. The summed E-state index contributed by atoms with van der Waals surface area (Å²) in [7, 11) is 3.37.